The molecule has 128 valence electrons. The molecule has 1 amide bonds. The molecule has 0 bridgehead atoms. The van der Waals surface area contributed by atoms with Crippen molar-refractivity contribution >= 4 is 41.2 Å². The molecule has 0 saturated heterocycles. The van der Waals surface area contributed by atoms with Gasteiger partial charge >= 0.3 is 0 Å². The van der Waals surface area contributed by atoms with E-state index >= 15 is 0 Å². The molecular weight excluding hydrogens is 362 g/mol. The van der Waals surface area contributed by atoms with Gasteiger partial charge in [0.1, 0.15) is 11.6 Å². The van der Waals surface area contributed by atoms with Crippen LogP contribution in [0.25, 0.3) is 6.08 Å². The van der Waals surface area contributed by atoms with Crippen molar-refractivity contribution in [3.8, 4) is 6.07 Å². The summed E-state index contributed by atoms with van der Waals surface area (Å²) in [5.41, 5.74) is 1.14. The normalized spacial score (nSPS) is 11.2. The Balaban J connectivity index is 2.08. The summed E-state index contributed by atoms with van der Waals surface area (Å²) in [5.74, 6) is -3.04. The minimum Gasteiger partial charge on any atom is -0.321 e. The molecule has 7 heteroatoms. The quantitative estimate of drug-likeness (QED) is 0.424. The maximum absolute atomic E-state index is 12.3. The molecule has 0 aliphatic heterocycles. The lowest BCUT2D eigenvalue weighted by Gasteiger charge is -2.06. The van der Waals surface area contributed by atoms with Crippen LogP contribution in [0.5, 0.6) is 0 Å². The molecule has 0 atom stereocenters. The molecule has 2 aromatic rings. The predicted octanol–water partition coefficient (Wildman–Crippen LogP) is 5.27. The smallest absolute Gasteiger partial charge is 0.288 e. The second kappa shape index (κ2) is 9.25. The van der Waals surface area contributed by atoms with Crippen molar-refractivity contribution in [2.45, 2.75) is 15.5 Å². The molecule has 0 heterocycles. The molecule has 2 rings (SSSR count). The third-order valence-electron chi connectivity index (χ3n) is 3.13. The number of hydrogen-bond acceptors (Lipinski definition) is 4. The fourth-order valence-electron chi connectivity index (χ4n) is 1.93. The van der Waals surface area contributed by atoms with Crippen LogP contribution in [0.15, 0.2) is 63.9 Å². The second-order valence-electron chi connectivity index (χ2n) is 4.80. The molecule has 0 aliphatic rings. The van der Waals surface area contributed by atoms with Crippen LogP contribution in [-0.2, 0) is 4.79 Å². The first-order valence-corrected chi connectivity index (χ1v) is 9.24. The minimum atomic E-state index is -2.49. The third kappa shape index (κ3) is 5.93. The van der Waals surface area contributed by atoms with Crippen molar-refractivity contribution in [3.63, 3.8) is 0 Å². The molecule has 0 fully saturated rings. The minimum absolute atomic E-state index is 0.0390. The summed E-state index contributed by atoms with van der Waals surface area (Å²) >= 11 is 2.03. The predicted molar refractivity (Wildman–Crippen MR) is 98.7 cm³/mol. The fourth-order valence-corrected chi connectivity index (χ4v) is 2.84. The molecular formula is C18H14F2N2OS2. The Labute approximate surface area is 153 Å². The molecule has 0 radical (unpaired) electrons. The van der Waals surface area contributed by atoms with Crippen molar-refractivity contribution in [3.05, 3.63) is 59.7 Å². The van der Waals surface area contributed by atoms with E-state index in [0.29, 0.717) is 22.3 Å². The summed E-state index contributed by atoms with van der Waals surface area (Å²) in [4.78, 5) is 13.7. The van der Waals surface area contributed by atoms with E-state index in [1.54, 1.807) is 11.8 Å². The number of alkyl halides is 2. The first kappa shape index (κ1) is 19.0. The van der Waals surface area contributed by atoms with Gasteiger partial charge < -0.3 is 5.32 Å². The Morgan fingerprint density at radius 3 is 2.24 bits per heavy atom. The number of thioether (sulfide) groups is 2. The highest BCUT2D eigenvalue weighted by atomic mass is 32.2. The van der Waals surface area contributed by atoms with Gasteiger partial charge in [0, 0.05) is 15.5 Å². The molecule has 0 spiro atoms. The fraction of sp³-hybridized carbons (Fsp3) is 0.111. The van der Waals surface area contributed by atoms with E-state index < -0.39 is 11.7 Å². The van der Waals surface area contributed by atoms with Gasteiger partial charge in [0.25, 0.3) is 11.7 Å². The van der Waals surface area contributed by atoms with Crippen LogP contribution in [0.3, 0.4) is 0 Å². The zero-order chi connectivity index (χ0) is 18.2. The van der Waals surface area contributed by atoms with E-state index in [1.807, 2.05) is 36.6 Å². The maximum atomic E-state index is 12.3. The highest BCUT2D eigenvalue weighted by Gasteiger charge is 2.10. The summed E-state index contributed by atoms with van der Waals surface area (Å²) in [6, 6.07) is 15.4. The van der Waals surface area contributed by atoms with Gasteiger partial charge in [-0.1, -0.05) is 23.9 Å². The van der Waals surface area contributed by atoms with Gasteiger partial charge in [-0.05, 0) is 54.3 Å². The Morgan fingerprint density at radius 1 is 1.12 bits per heavy atom. The van der Waals surface area contributed by atoms with Gasteiger partial charge in [0.05, 0.1) is 0 Å². The largest absolute Gasteiger partial charge is 0.321 e. The SMILES string of the molecule is CSc1ccc(C=C(C#N)C(=O)Nc2ccc(SC(F)F)cc2)cc1. The van der Waals surface area contributed by atoms with Crippen LogP contribution in [0.4, 0.5) is 14.5 Å². The highest BCUT2D eigenvalue weighted by Crippen LogP contribution is 2.26. The molecule has 3 nitrogen and oxygen atoms in total. The lowest BCUT2D eigenvalue weighted by molar-refractivity contribution is -0.112. The lowest BCUT2D eigenvalue weighted by Crippen LogP contribution is -2.13. The third-order valence-corrected chi connectivity index (χ3v) is 4.60. The number of hydrogen-bond donors (Lipinski definition) is 1. The van der Waals surface area contributed by atoms with Crippen molar-refractivity contribution in [2.75, 3.05) is 11.6 Å². The van der Waals surface area contributed by atoms with E-state index in [9.17, 15) is 18.8 Å². The van der Waals surface area contributed by atoms with E-state index in [0.717, 1.165) is 10.5 Å². The number of nitrogens with one attached hydrogen (secondary N) is 1. The summed E-state index contributed by atoms with van der Waals surface area (Å²) < 4.78 is 24.6. The number of benzene rings is 2. The van der Waals surface area contributed by atoms with Gasteiger partial charge in [-0.15, -0.1) is 11.8 Å². The van der Waals surface area contributed by atoms with Crippen LogP contribution in [0.2, 0.25) is 0 Å². The first-order valence-electron chi connectivity index (χ1n) is 7.14. The standard InChI is InChI=1S/C18H14F2N2OS2/c1-24-15-6-2-12(3-7-15)10-13(11-21)17(23)22-14-4-8-16(9-5-14)25-18(19)20/h2-10,18H,1H3,(H,22,23). The Hall–Kier alpha value is -2.30. The molecule has 0 saturated carbocycles. The van der Waals surface area contributed by atoms with Crippen molar-refractivity contribution < 1.29 is 13.6 Å². The van der Waals surface area contributed by atoms with Gasteiger partial charge in [0.15, 0.2) is 0 Å². The summed E-state index contributed by atoms with van der Waals surface area (Å²) in [6.07, 6.45) is 3.46. The number of halogens is 2. The van der Waals surface area contributed by atoms with Gasteiger partial charge in [-0.3, -0.25) is 4.79 Å². The Bertz CT molecular complexity index is 797. The molecule has 1 N–H and O–H groups in total. The van der Waals surface area contributed by atoms with E-state index in [-0.39, 0.29) is 5.57 Å². The number of anilines is 1. The zero-order valence-corrected chi connectivity index (χ0v) is 14.8. The molecule has 25 heavy (non-hydrogen) atoms. The summed E-state index contributed by atoms with van der Waals surface area (Å²) in [5, 5.41) is 11.8. The molecule has 0 unspecified atom stereocenters. The highest BCUT2D eigenvalue weighted by molar-refractivity contribution is 7.99. The van der Waals surface area contributed by atoms with Gasteiger partial charge in [-0.25, -0.2) is 0 Å². The molecule has 0 aliphatic carbocycles. The van der Waals surface area contributed by atoms with Crippen molar-refractivity contribution in [1.82, 2.24) is 0 Å². The molecule has 0 aromatic heterocycles. The Kier molecular flexibility index (Phi) is 7.04. The number of nitrogens with zero attached hydrogens (tertiary/aromatic N) is 1. The monoisotopic (exact) mass is 376 g/mol. The summed E-state index contributed by atoms with van der Waals surface area (Å²) in [6.45, 7) is 0. The van der Waals surface area contributed by atoms with Gasteiger partial charge in [0.2, 0.25) is 0 Å². The van der Waals surface area contributed by atoms with E-state index in [4.69, 9.17) is 0 Å². The van der Waals surface area contributed by atoms with Crippen molar-refractivity contribution in [1.29, 1.82) is 5.26 Å². The van der Waals surface area contributed by atoms with Crippen LogP contribution in [-0.4, -0.2) is 17.9 Å². The Morgan fingerprint density at radius 2 is 1.72 bits per heavy atom. The number of rotatable bonds is 6. The van der Waals surface area contributed by atoms with Crippen LogP contribution in [0, 0.1) is 11.3 Å². The maximum Gasteiger partial charge on any atom is 0.288 e. The van der Waals surface area contributed by atoms with Crippen LogP contribution >= 0.6 is 23.5 Å². The molecule has 2 aromatic carbocycles. The topological polar surface area (TPSA) is 52.9 Å². The second-order valence-corrected chi connectivity index (χ2v) is 6.74. The lowest BCUT2D eigenvalue weighted by atomic mass is 10.1. The number of carbonyl (C=O) groups is 1. The number of nitriles is 1. The van der Waals surface area contributed by atoms with Crippen LogP contribution in [0.1, 0.15) is 5.56 Å². The average Bonchev–Trinajstić information content (AvgIpc) is 2.61. The van der Waals surface area contributed by atoms with Crippen LogP contribution < -0.4 is 5.32 Å². The number of amides is 1. The zero-order valence-electron chi connectivity index (χ0n) is 13.2. The number of carbonyl (C=O) groups excluding carboxylic acids is 1. The van der Waals surface area contributed by atoms with Gasteiger partial charge in [-0.2, -0.15) is 14.0 Å². The average molecular weight is 376 g/mol. The summed E-state index contributed by atoms with van der Waals surface area (Å²) in [7, 11) is 0. The van der Waals surface area contributed by atoms with E-state index in [1.165, 1.54) is 30.3 Å². The van der Waals surface area contributed by atoms with E-state index in [2.05, 4.69) is 5.32 Å². The van der Waals surface area contributed by atoms with Crippen molar-refractivity contribution in [2.24, 2.45) is 0 Å². The first-order chi connectivity index (χ1) is 12.0.